The van der Waals surface area contributed by atoms with Gasteiger partial charge in [0.25, 0.3) is 11.8 Å². The molecule has 2 amide bonds. The van der Waals surface area contributed by atoms with Gasteiger partial charge in [-0.15, -0.1) is 0 Å². The Bertz CT molecular complexity index is 1280. The van der Waals surface area contributed by atoms with Crippen LogP contribution in [0.1, 0.15) is 26.3 Å². The van der Waals surface area contributed by atoms with Crippen LogP contribution in [0, 0.1) is 0 Å². The van der Waals surface area contributed by atoms with E-state index in [9.17, 15) is 22.8 Å². The van der Waals surface area contributed by atoms with Crippen molar-refractivity contribution >= 4 is 34.0 Å². The molecule has 4 aromatic carbocycles. The van der Waals surface area contributed by atoms with Gasteiger partial charge in [-0.2, -0.15) is 13.2 Å². The third kappa shape index (κ3) is 4.62. The highest BCUT2D eigenvalue weighted by molar-refractivity contribution is 6.09. The standard InChI is InChI=1S/C25H17F3N2O2/c26-25(27,28)19-12-8-17(9-13-19)23(31)29-20-14-10-18(11-15-20)24(32)30-22-7-3-5-16-4-1-2-6-21(16)22/h1-15H,(H,29,31)(H,30,32). The summed E-state index contributed by atoms with van der Waals surface area (Å²) < 4.78 is 38.0. The Hall–Kier alpha value is -4.13. The van der Waals surface area contributed by atoms with Gasteiger partial charge in [-0.3, -0.25) is 9.59 Å². The summed E-state index contributed by atoms with van der Waals surface area (Å²) in [4.78, 5) is 24.9. The van der Waals surface area contributed by atoms with Crippen molar-refractivity contribution in [2.24, 2.45) is 0 Å². The van der Waals surface area contributed by atoms with Crippen molar-refractivity contribution in [3.63, 3.8) is 0 Å². The third-order valence-corrected chi connectivity index (χ3v) is 4.92. The number of fused-ring (bicyclic) bond motifs is 1. The molecule has 4 aromatic rings. The highest BCUT2D eigenvalue weighted by atomic mass is 19.4. The zero-order chi connectivity index (χ0) is 22.7. The minimum atomic E-state index is -4.46. The molecule has 0 aliphatic heterocycles. The average molecular weight is 434 g/mol. The van der Waals surface area contributed by atoms with Crippen LogP contribution in [0.25, 0.3) is 10.8 Å². The van der Waals surface area contributed by atoms with Crippen LogP contribution in [0.4, 0.5) is 24.5 Å². The first-order valence-electron chi connectivity index (χ1n) is 9.69. The zero-order valence-electron chi connectivity index (χ0n) is 16.6. The molecule has 0 aliphatic rings. The molecular weight excluding hydrogens is 417 g/mol. The molecule has 0 saturated carbocycles. The molecule has 0 bridgehead atoms. The summed E-state index contributed by atoms with van der Waals surface area (Å²) in [6, 6.07) is 23.5. The van der Waals surface area contributed by atoms with E-state index in [0.717, 1.165) is 35.0 Å². The second kappa shape index (κ2) is 8.55. The van der Waals surface area contributed by atoms with E-state index in [4.69, 9.17) is 0 Å². The highest BCUT2D eigenvalue weighted by Crippen LogP contribution is 2.29. The first kappa shape index (κ1) is 21.1. The molecule has 0 aromatic heterocycles. The molecule has 0 fully saturated rings. The van der Waals surface area contributed by atoms with Crippen LogP contribution in [-0.2, 0) is 6.18 Å². The molecule has 32 heavy (non-hydrogen) atoms. The number of halogens is 3. The number of nitrogens with one attached hydrogen (secondary N) is 2. The number of amides is 2. The molecule has 0 unspecified atom stereocenters. The van der Waals surface area contributed by atoms with Crippen molar-refractivity contribution in [2.75, 3.05) is 10.6 Å². The largest absolute Gasteiger partial charge is 0.416 e. The number of carbonyl (C=O) groups excluding carboxylic acids is 2. The van der Waals surface area contributed by atoms with E-state index < -0.39 is 17.6 Å². The van der Waals surface area contributed by atoms with Gasteiger partial charge in [0, 0.05) is 27.9 Å². The van der Waals surface area contributed by atoms with Gasteiger partial charge in [0.15, 0.2) is 0 Å². The minimum Gasteiger partial charge on any atom is -0.322 e. The van der Waals surface area contributed by atoms with Crippen molar-refractivity contribution < 1.29 is 22.8 Å². The number of alkyl halides is 3. The van der Waals surface area contributed by atoms with Gasteiger partial charge < -0.3 is 10.6 Å². The summed E-state index contributed by atoms with van der Waals surface area (Å²) >= 11 is 0. The SMILES string of the molecule is O=C(Nc1ccc(C(=O)Nc2cccc3ccccc23)cc1)c1ccc(C(F)(F)F)cc1. The van der Waals surface area contributed by atoms with Crippen LogP contribution in [0.15, 0.2) is 91.0 Å². The van der Waals surface area contributed by atoms with Gasteiger partial charge in [-0.25, -0.2) is 0 Å². The molecule has 4 nitrogen and oxygen atoms in total. The normalized spacial score (nSPS) is 11.2. The summed E-state index contributed by atoms with van der Waals surface area (Å²) in [5.41, 5.74) is 0.765. The molecule has 4 rings (SSSR count). The lowest BCUT2D eigenvalue weighted by atomic mass is 10.1. The maximum absolute atomic E-state index is 12.7. The van der Waals surface area contributed by atoms with Gasteiger partial charge in [0.2, 0.25) is 0 Å². The maximum Gasteiger partial charge on any atom is 0.416 e. The van der Waals surface area contributed by atoms with Crippen LogP contribution >= 0.6 is 0 Å². The molecule has 2 N–H and O–H groups in total. The lowest BCUT2D eigenvalue weighted by Gasteiger charge is -2.10. The number of anilines is 2. The van der Waals surface area contributed by atoms with E-state index in [1.807, 2.05) is 42.5 Å². The predicted octanol–water partition coefficient (Wildman–Crippen LogP) is 6.36. The summed E-state index contributed by atoms with van der Waals surface area (Å²) in [6.07, 6.45) is -4.46. The number of rotatable bonds is 4. The van der Waals surface area contributed by atoms with E-state index >= 15 is 0 Å². The zero-order valence-corrected chi connectivity index (χ0v) is 16.6. The lowest BCUT2D eigenvalue weighted by Crippen LogP contribution is -2.14. The van der Waals surface area contributed by atoms with Gasteiger partial charge >= 0.3 is 6.18 Å². The predicted molar refractivity (Wildman–Crippen MR) is 118 cm³/mol. The fourth-order valence-corrected chi connectivity index (χ4v) is 3.25. The summed E-state index contributed by atoms with van der Waals surface area (Å²) in [6.45, 7) is 0. The van der Waals surface area contributed by atoms with Gasteiger partial charge in [0.05, 0.1) is 5.56 Å². The van der Waals surface area contributed by atoms with Crippen LogP contribution < -0.4 is 10.6 Å². The van der Waals surface area contributed by atoms with Crippen molar-refractivity contribution in [3.8, 4) is 0 Å². The van der Waals surface area contributed by atoms with Crippen LogP contribution in [-0.4, -0.2) is 11.8 Å². The van der Waals surface area contributed by atoms with E-state index in [2.05, 4.69) is 10.6 Å². The monoisotopic (exact) mass is 434 g/mol. The molecule has 7 heteroatoms. The Morgan fingerprint density at radius 2 is 1.19 bits per heavy atom. The van der Waals surface area contributed by atoms with E-state index in [0.29, 0.717) is 16.9 Å². The molecule has 160 valence electrons. The fourth-order valence-electron chi connectivity index (χ4n) is 3.25. The second-order valence-electron chi connectivity index (χ2n) is 7.09. The maximum atomic E-state index is 12.7. The van der Waals surface area contributed by atoms with Gasteiger partial charge in [-0.05, 0) is 60.0 Å². The Morgan fingerprint density at radius 1 is 0.625 bits per heavy atom. The van der Waals surface area contributed by atoms with Gasteiger partial charge in [-0.1, -0.05) is 36.4 Å². The molecule has 0 atom stereocenters. The van der Waals surface area contributed by atoms with Crippen LogP contribution in [0.5, 0.6) is 0 Å². The Labute approximate surface area is 181 Å². The fraction of sp³-hybridized carbons (Fsp3) is 0.0400. The van der Waals surface area contributed by atoms with Crippen LogP contribution in [0.3, 0.4) is 0 Å². The van der Waals surface area contributed by atoms with Gasteiger partial charge in [0.1, 0.15) is 0 Å². The number of hydrogen-bond acceptors (Lipinski definition) is 2. The van der Waals surface area contributed by atoms with Crippen molar-refractivity contribution in [2.45, 2.75) is 6.18 Å². The number of hydrogen-bond donors (Lipinski definition) is 2. The third-order valence-electron chi connectivity index (χ3n) is 4.92. The summed E-state index contributed by atoms with van der Waals surface area (Å²) in [5.74, 6) is -0.853. The molecule has 0 aliphatic carbocycles. The molecule has 0 spiro atoms. The highest BCUT2D eigenvalue weighted by Gasteiger charge is 2.30. The topological polar surface area (TPSA) is 58.2 Å². The number of benzene rings is 4. The quantitative estimate of drug-likeness (QED) is 0.393. The second-order valence-corrected chi connectivity index (χ2v) is 7.09. The van der Waals surface area contributed by atoms with E-state index in [1.54, 1.807) is 24.3 Å². The minimum absolute atomic E-state index is 0.0933. The molecule has 0 radical (unpaired) electrons. The Morgan fingerprint density at radius 3 is 1.84 bits per heavy atom. The molecule has 0 saturated heterocycles. The van der Waals surface area contributed by atoms with Crippen molar-refractivity contribution in [3.05, 3.63) is 108 Å². The van der Waals surface area contributed by atoms with Crippen molar-refractivity contribution in [1.82, 2.24) is 0 Å². The summed E-state index contributed by atoms with van der Waals surface area (Å²) in [5, 5.41) is 7.42. The smallest absolute Gasteiger partial charge is 0.322 e. The number of carbonyl (C=O) groups is 2. The Balaban J connectivity index is 1.43. The van der Waals surface area contributed by atoms with Crippen molar-refractivity contribution in [1.29, 1.82) is 0 Å². The first-order chi connectivity index (χ1) is 15.3. The first-order valence-corrected chi connectivity index (χ1v) is 9.69. The van der Waals surface area contributed by atoms with E-state index in [1.165, 1.54) is 0 Å². The van der Waals surface area contributed by atoms with Crippen LogP contribution in [0.2, 0.25) is 0 Å². The average Bonchev–Trinajstić information content (AvgIpc) is 2.79. The summed E-state index contributed by atoms with van der Waals surface area (Å²) in [7, 11) is 0. The molecular formula is C25H17F3N2O2. The Kier molecular flexibility index (Phi) is 5.64. The molecule has 0 heterocycles. The van der Waals surface area contributed by atoms with E-state index in [-0.39, 0.29) is 11.5 Å². The lowest BCUT2D eigenvalue weighted by molar-refractivity contribution is -0.137.